The van der Waals surface area contributed by atoms with Gasteiger partial charge in [-0.2, -0.15) is 0 Å². The first-order valence-electron chi connectivity index (χ1n) is 6.54. The van der Waals surface area contributed by atoms with Gasteiger partial charge in [-0.25, -0.2) is 13.2 Å². The predicted octanol–water partition coefficient (Wildman–Crippen LogP) is 2.73. The van der Waals surface area contributed by atoms with Gasteiger partial charge in [0.1, 0.15) is 10.7 Å². The van der Waals surface area contributed by atoms with Crippen molar-refractivity contribution < 1.29 is 22.7 Å². The van der Waals surface area contributed by atoms with Gasteiger partial charge in [0.05, 0.1) is 5.69 Å². The molecule has 1 aromatic heterocycles. The highest BCUT2D eigenvalue weighted by molar-refractivity contribution is 7.92. The number of aryl methyl sites for hydroxylation is 3. The molecule has 2 aromatic rings. The fraction of sp³-hybridized carbons (Fsp3) is 0.267. The molecule has 0 aliphatic rings. The summed E-state index contributed by atoms with van der Waals surface area (Å²) < 4.78 is 31.5. The summed E-state index contributed by atoms with van der Waals surface area (Å²) in [5.74, 6) is -1.66. The van der Waals surface area contributed by atoms with Crippen LogP contribution < -0.4 is 4.31 Å². The third kappa shape index (κ3) is 2.85. The van der Waals surface area contributed by atoms with Crippen molar-refractivity contribution in [1.29, 1.82) is 0 Å². The molecule has 0 saturated heterocycles. The number of furan rings is 1. The Morgan fingerprint density at radius 2 is 1.64 bits per heavy atom. The van der Waals surface area contributed by atoms with Crippen LogP contribution in [0, 0.1) is 20.8 Å². The minimum Gasteiger partial charge on any atom is -0.475 e. The first-order valence-corrected chi connectivity index (χ1v) is 7.98. The highest BCUT2D eigenvalue weighted by Gasteiger charge is 2.28. The highest BCUT2D eigenvalue weighted by Crippen LogP contribution is 2.28. The van der Waals surface area contributed by atoms with Gasteiger partial charge in [0, 0.05) is 13.1 Å². The summed E-state index contributed by atoms with van der Waals surface area (Å²) in [5.41, 5.74) is 2.38. The monoisotopic (exact) mass is 323 g/mol. The SMILES string of the molecule is Cc1cc(C)cc(N(C)S(=O)(=O)c2cc(C(=O)O)oc2C)c1. The van der Waals surface area contributed by atoms with Crippen molar-refractivity contribution in [2.45, 2.75) is 25.7 Å². The van der Waals surface area contributed by atoms with Gasteiger partial charge >= 0.3 is 5.97 Å². The largest absolute Gasteiger partial charge is 0.475 e. The van der Waals surface area contributed by atoms with Crippen molar-refractivity contribution >= 4 is 21.7 Å². The Morgan fingerprint density at radius 1 is 1.09 bits per heavy atom. The van der Waals surface area contributed by atoms with E-state index in [1.165, 1.54) is 14.0 Å². The summed E-state index contributed by atoms with van der Waals surface area (Å²) in [6, 6.07) is 6.47. The Balaban J connectivity index is 2.52. The van der Waals surface area contributed by atoms with Gasteiger partial charge in [-0.15, -0.1) is 0 Å². The van der Waals surface area contributed by atoms with Gasteiger partial charge in [-0.3, -0.25) is 4.31 Å². The van der Waals surface area contributed by atoms with Gasteiger partial charge in [0.25, 0.3) is 10.0 Å². The van der Waals surface area contributed by atoms with Gasteiger partial charge in [0.15, 0.2) is 0 Å². The Bertz CT molecular complexity index is 815. The highest BCUT2D eigenvalue weighted by atomic mass is 32.2. The zero-order valence-corrected chi connectivity index (χ0v) is 13.6. The van der Waals surface area contributed by atoms with Crippen molar-refractivity contribution in [2.24, 2.45) is 0 Å². The zero-order valence-electron chi connectivity index (χ0n) is 12.7. The van der Waals surface area contributed by atoms with E-state index in [1.54, 1.807) is 12.1 Å². The molecule has 2 rings (SSSR count). The van der Waals surface area contributed by atoms with E-state index in [-0.39, 0.29) is 10.7 Å². The Morgan fingerprint density at radius 3 is 2.09 bits per heavy atom. The van der Waals surface area contributed by atoms with E-state index in [9.17, 15) is 13.2 Å². The Hall–Kier alpha value is -2.28. The van der Waals surface area contributed by atoms with Crippen LogP contribution in [-0.2, 0) is 10.0 Å². The maximum absolute atomic E-state index is 12.7. The molecule has 7 heteroatoms. The molecule has 0 bridgehead atoms. The standard InChI is InChI=1S/C15H17NO5S/c1-9-5-10(2)7-12(6-9)16(4)22(19,20)14-8-13(15(17)18)21-11(14)3/h5-8H,1-4H3,(H,17,18). The lowest BCUT2D eigenvalue weighted by atomic mass is 10.1. The van der Waals surface area contributed by atoms with Crippen molar-refractivity contribution in [3.8, 4) is 0 Å². The molecule has 0 aliphatic heterocycles. The van der Waals surface area contributed by atoms with E-state index in [1.807, 2.05) is 19.9 Å². The normalized spacial score (nSPS) is 11.5. The number of aromatic carboxylic acids is 1. The maximum atomic E-state index is 12.7. The number of carboxylic acid groups (broad SMARTS) is 1. The van der Waals surface area contributed by atoms with Gasteiger partial charge in [-0.1, -0.05) is 6.07 Å². The number of sulfonamides is 1. The second-order valence-electron chi connectivity index (χ2n) is 5.15. The molecular formula is C15H17NO5S. The van der Waals surface area contributed by atoms with Crippen molar-refractivity contribution in [3.05, 3.63) is 46.9 Å². The second-order valence-corrected chi connectivity index (χ2v) is 7.09. The summed E-state index contributed by atoms with van der Waals surface area (Å²) in [6.45, 7) is 5.18. The lowest BCUT2D eigenvalue weighted by Crippen LogP contribution is -2.26. The van der Waals surface area contributed by atoms with E-state index < -0.39 is 21.8 Å². The smallest absolute Gasteiger partial charge is 0.371 e. The molecule has 1 aromatic carbocycles. The molecule has 22 heavy (non-hydrogen) atoms. The van der Waals surface area contributed by atoms with Gasteiger partial charge < -0.3 is 9.52 Å². The lowest BCUT2D eigenvalue weighted by molar-refractivity contribution is 0.0661. The second kappa shape index (κ2) is 5.49. The number of rotatable bonds is 4. The number of hydrogen-bond acceptors (Lipinski definition) is 4. The van der Waals surface area contributed by atoms with E-state index in [0.717, 1.165) is 21.5 Å². The predicted molar refractivity (Wildman–Crippen MR) is 81.9 cm³/mol. The van der Waals surface area contributed by atoms with Crippen LogP contribution in [0.5, 0.6) is 0 Å². The summed E-state index contributed by atoms with van der Waals surface area (Å²) in [6.07, 6.45) is 0. The van der Waals surface area contributed by atoms with Crippen LogP contribution in [0.3, 0.4) is 0 Å². The molecule has 118 valence electrons. The third-order valence-electron chi connectivity index (χ3n) is 3.29. The van der Waals surface area contributed by atoms with Crippen molar-refractivity contribution in [1.82, 2.24) is 0 Å². The minimum absolute atomic E-state index is 0.0497. The minimum atomic E-state index is -3.89. The molecule has 1 heterocycles. The van der Waals surface area contributed by atoms with Gasteiger partial charge in [-0.05, 0) is 44.0 Å². The van der Waals surface area contributed by atoms with Crippen LogP contribution in [0.1, 0.15) is 27.4 Å². The molecule has 0 spiro atoms. The third-order valence-corrected chi connectivity index (χ3v) is 5.18. The fourth-order valence-corrected chi connectivity index (χ4v) is 3.58. The number of carboxylic acids is 1. The lowest BCUT2D eigenvalue weighted by Gasteiger charge is -2.20. The van der Waals surface area contributed by atoms with Crippen LogP contribution in [0.2, 0.25) is 0 Å². The average Bonchev–Trinajstić information content (AvgIpc) is 2.79. The molecule has 0 unspecified atom stereocenters. The number of anilines is 1. The molecule has 1 N–H and O–H groups in total. The van der Waals surface area contributed by atoms with Crippen LogP contribution >= 0.6 is 0 Å². The number of hydrogen-bond donors (Lipinski definition) is 1. The van der Waals surface area contributed by atoms with Crippen molar-refractivity contribution in [2.75, 3.05) is 11.4 Å². The Kier molecular flexibility index (Phi) is 4.02. The van der Waals surface area contributed by atoms with Crippen LogP contribution in [0.25, 0.3) is 0 Å². The molecule has 6 nitrogen and oxygen atoms in total. The summed E-state index contributed by atoms with van der Waals surface area (Å²) in [5, 5.41) is 8.91. The molecule has 0 atom stereocenters. The molecule has 0 amide bonds. The van der Waals surface area contributed by atoms with Gasteiger partial charge in [0.2, 0.25) is 5.76 Å². The number of benzene rings is 1. The first-order chi connectivity index (χ1) is 10.1. The number of carbonyl (C=O) groups is 1. The summed E-state index contributed by atoms with van der Waals surface area (Å²) in [7, 11) is -2.47. The molecule has 0 fully saturated rings. The summed E-state index contributed by atoms with van der Waals surface area (Å²) >= 11 is 0. The molecular weight excluding hydrogens is 306 g/mol. The molecule has 0 aliphatic carbocycles. The number of nitrogens with zero attached hydrogens (tertiary/aromatic N) is 1. The topological polar surface area (TPSA) is 87.8 Å². The van der Waals surface area contributed by atoms with E-state index >= 15 is 0 Å². The van der Waals surface area contributed by atoms with E-state index in [4.69, 9.17) is 9.52 Å². The molecule has 0 radical (unpaired) electrons. The van der Waals surface area contributed by atoms with Crippen LogP contribution in [0.4, 0.5) is 5.69 Å². The quantitative estimate of drug-likeness (QED) is 0.934. The van der Waals surface area contributed by atoms with E-state index in [0.29, 0.717) is 5.69 Å². The van der Waals surface area contributed by atoms with E-state index in [2.05, 4.69) is 0 Å². The fourth-order valence-electron chi connectivity index (χ4n) is 2.25. The zero-order chi connectivity index (χ0) is 16.7. The average molecular weight is 323 g/mol. The van der Waals surface area contributed by atoms with Crippen molar-refractivity contribution in [3.63, 3.8) is 0 Å². The van der Waals surface area contributed by atoms with Crippen LogP contribution in [-0.4, -0.2) is 26.5 Å². The first kappa shape index (κ1) is 16.1. The molecule has 0 saturated carbocycles. The maximum Gasteiger partial charge on any atom is 0.371 e. The Labute approximate surface area is 129 Å². The summed E-state index contributed by atoms with van der Waals surface area (Å²) in [4.78, 5) is 10.8. The van der Waals surface area contributed by atoms with Crippen LogP contribution in [0.15, 0.2) is 33.6 Å².